The van der Waals surface area contributed by atoms with E-state index >= 15 is 0 Å². The van der Waals surface area contributed by atoms with Gasteiger partial charge in [0, 0.05) is 5.56 Å². The lowest BCUT2D eigenvalue weighted by Crippen LogP contribution is -2.39. The number of nitrogens with one attached hydrogen (secondary N) is 1. The first kappa shape index (κ1) is 11.4. The van der Waals surface area contributed by atoms with Gasteiger partial charge in [-0.15, -0.1) is 0 Å². The van der Waals surface area contributed by atoms with E-state index in [-0.39, 0.29) is 0 Å². The Labute approximate surface area is 96.4 Å². The van der Waals surface area contributed by atoms with Gasteiger partial charge >= 0.3 is 0 Å². The molecular formula is C13H19NO2. The molecule has 1 saturated heterocycles. The molecule has 3 nitrogen and oxygen atoms in total. The standard InChI is InChI=1S/C13H19NO2/c1-2-16-12-6-4-3-5-11(12)13(15)7-9-14-10-8-13/h3-6,14-15H,2,7-10H2,1H3. The van der Waals surface area contributed by atoms with Crippen molar-refractivity contribution in [1.82, 2.24) is 5.32 Å². The van der Waals surface area contributed by atoms with Crippen LogP contribution in [0.3, 0.4) is 0 Å². The van der Waals surface area contributed by atoms with Crippen LogP contribution in [0, 0.1) is 0 Å². The van der Waals surface area contributed by atoms with Crippen molar-refractivity contribution in [3.05, 3.63) is 29.8 Å². The lowest BCUT2D eigenvalue weighted by atomic mass is 9.84. The third-order valence-corrected chi connectivity index (χ3v) is 3.12. The summed E-state index contributed by atoms with van der Waals surface area (Å²) in [6.45, 7) is 4.31. The van der Waals surface area contributed by atoms with Gasteiger partial charge in [0.2, 0.25) is 0 Å². The summed E-state index contributed by atoms with van der Waals surface area (Å²) in [6.07, 6.45) is 1.49. The molecule has 2 N–H and O–H groups in total. The van der Waals surface area contributed by atoms with Gasteiger partial charge in [0.1, 0.15) is 5.75 Å². The van der Waals surface area contributed by atoms with Crippen LogP contribution in [0.1, 0.15) is 25.3 Å². The third-order valence-electron chi connectivity index (χ3n) is 3.12. The lowest BCUT2D eigenvalue weighted by Gasteiger charge is -2.34. The molecule has 16 heavy (non-hydrogen) atoms. The topological polar surface area (TPSA) is 41.5 Å². The van der Waals surface area contributed by atoms with Crippen LogP contribution >= 0.6 is 0 Å². The molecule has 1 aliphatic heterocycles. The van der Waals surface area contributed by atoms with Gasteiger partial charge < -0.3 is 15.2 Å². The Morgan fingerprint density at radius 2 is 2.00 bits per heavy atom. The highest BCUT2D eigenvalue weighted by Gasteiger charge is 2.33. The van der Waals surface area contributed by atoms with E-state index in [9.17, 15) is 5.11 Å². The van der Waals surface area contributed by atoms with E-state index < -0.39 is 5.60 Å². The molecule has 0 atom stereocenters. The first-order valence-corrected chi connectivity index (χ1v) is 5.92. The number of ether oxygens (including phenoxy) is 1. The fourth-order valence-electron chi connectivity index (χ4n) is 2.24. The SMILES string of the molecule is CCOc1ccccc1C1(O)CCNCC1. The fraction of sp³-hybridized carbons (Fsp3) is 0.538. The maximum absolute atomic E-state index is 10.6. The quantitative estimate of drug-likeness (QED) is 0.815. The molecule has 0 aliphatic carbocycles. The molecule has 1 aliphatic rings. The van der Waals surface area contributed by atoms with Crippen LogP contribution in [0.25, 0.3) is 0 Å². The normalized spacial score (nSPS) is 19.4. The zero-order chi connectivity index (χ0) is 11.4. The van der Waals surface area contributed by atoms with E-state index in [1.807, 2.05) is 31.2 Å². The number of para-hydroxylation sites is 1. The number of rotatable bonds is 3. The van der Waals surface area contributed by atoms with Crippen molar-refractivity contribution in [3.8, 4) is 5.75 Å². The summed E-state index contributed by atoms with van der Waals surface area (Å²) in [5.74, 6) is 0.814. The first-order chi connectivity index (χ1) is 7.76. The molecule has 2 rings (SSSR count). The second kappa shape index (κ2) is 4.85. The second-order valence-electron chi connectivity index (χ2n) is 4.21. The fourth-order valence-corrected chi connectivity index (χ4v) is 2.24. The maximum Gasteiger partial charge on any atom is 0.125 e. The van der Waals surface area contributed by atoms with Gasteiger partial charge in [0.05, 0.1) is 12.2 Å². The van der Waals surface area contributed by atoms with Crippen LogP contribution in [0.5, 0.6) is 5.75 Å². The highest BCUT2D eigenvalue weighted by molar-refractivity contribution is 5.38. The predicted octanol–water partition coefficient (Wildman–Crippen LogP) is 1.66. The van der Waals surface area contributed by atoms with Gasteiger partial charge in [-0.1, -0.05) is 18.2 Å². The molecule has 1 aromatic carbocycles. The largest absolute Gasteiger partial charge is 0.493 e. The number of piperidine rings is 1. The molecule has 3 heteroatoms. The third kappa shape index (κ3) is 2.20. The summed E-state index contributed by atoms with van der Waals surface area (Å²) in [6, 6.07) is 7.80. The first-order valence-electron chi connectivity index (χ1n) is 5.92. The summed E-state index contributed by atoms with van der Waals surface area (Å²) in [7, 11) is 0. The second-order valence-corrected chi connectivity index (χ2v) is 4.21. The molecule has 0 saturated carbocycles. The van der Waals surface area contributed by atoms with Crippen molar-refractivity contribution in [1.29, 1.82) is 0 Å². The van der Waals surface area contributed by atoms with Gasteiger partial charge in [-0.2, -0.15) is 0 Å². The van der Waals surface area contributed by atoms with Crippen molar-refractivity contribution in [2.24, 2.45) is 0 Å². The Bertz CT molecular complexity index is 346. The molecule has 0 spiro atoms. The van der Waals surface area contributed by atoms with Gasteiger partial charge in [-0.05, 0) is 38.9 Å². The van der Waals surface area contributed by atoms with E-state index in [1.165, 1.54) is 0 Å². The Hall–Kier alpha value is -1.06. The number of benzene rings is 1. The Morgan fingerprint density at radius 1 is 1.31 bits per heavy atom. The van der Waals surface area contributed by atoms with Crippen LogP contribution in [0.15, 0.2) is 24.3 Å². The Morgan fingerprint density at radius 3 is 2.69 bits per heavy atom. The predicted molar refractivity (Wildman–Crippen MR) is 63.6 cm³/mol. The maximum atomic E-state index is 10.6. The highest BCUT2D eigenvalue weighted by Crippen LogP contribution is 2.36. The summed E-state index contributed by atoms with van der Waals surface area (Å²) in [5.41, 5.74) is 0.204. The van der Waals surface area contributed by atoms with E-state index in [4.69, 9.17) is 4.74 Å². The van der Waals surface area contributed by atoms with Crippen LogP contribution in [-0.4, -0.2) is 24.8 Å². The van der Waals surface area contributed by atoms with Gasteiger partial charge in [0.15, 0.2) is 0 Å². The van der Waals surface area contributed by atoms with Crippen LogP contribution in [0.2, 0.25) is 0 Å². The molecule has 0 amide bonds. The molecular weight excluding hydrogens is 202 g/mol. The van der Waals surface area contributed by atoms with Crippen molar-refractivity contribution in [3.63, 3.8) is 0 Å². The summed E-state index contributed by atoms with van der Waals surface area (Å²) >= 11 is 0. The summed E-state index contributed by atoms with van der Waals surface area (Å²) < 4.78 is 5.58. The zero-order valence-electron chi connectivity index (χ0n) is 9.70. The van der Waals surface area contributed by atoms with Crippen molar-refractivity contribution >= 4 is 0 Å². The Balaban J connectivity index is 2.30. The zero-order valence-corrected chi connectivity index (χ0v) is 9.70. The van der Waals surface area contributed by atoms with Crippen molar-refractivity contribution in [2.75, 3.05) is 19.7 Å². The van der Waals surface area contributed by atoms with Crippen molar-refractivity contribution in [2.45, 2.75) is 25.4 Å². The molecule has 0 aromatic heterocycles. The minimum atomic E-state index is -0.725. The minimum Gasteiger partial charge on any atom is -0.493 e. The Kier molecular flexibility index (Phi) is 3.46. The van der Waals surface area contributed by atoms with E-state index in [0.717, 1.165) is 37.2 Å². The average Bonchev–Trinajstić information content (AvgIpc) is 2.31. The van der Waals surface area contributed by atoms with Crippen LogP contribution in [-0.2, 0) is 5.60 Å². The summed E-state index contributed by atoms with van der Waals surface area (Å²) in [4.78, 5) is 0. The van der Waals surface area contributed by atoms with Gasteiger partial charge in [-0.3, -0.25) is 0 Å². The van der Waals surface area contributed by atoms with Crippen molar-refractivity contribution < 1.29 is 9.84 Å². The number of hydrogen-bond donors (Lipinski definition) is 2. The monoisotopic (exact) mass is 221 g/mol. The highest BCUT2D eigenvalue weighted by atomic mass is 16.5. The lowest BCUT2D eigenvalue weighted by molar-refractivity contribution is 0.00355. The molecule has 1 aromatic rings. The summed E-state index contributed by atoms with van der Waals surface area (Å²) in [5, 5.41) is 13.9. The van der Waals surface area contributed by atoms with Crippen LogP contribution in [0.4, 0.5) is 0 Å². The minimum absolute atomic E-state index is 0.630. The molecule has 0 radical (unpaired) electrons. The van der Waals surface area contributed by atoms with Crippen LogP contribution < -0.4 is 10.1 Å². The van der Waals surface area contributed by atoms with Gasteiger partial charge in [-0.25, -0.2) is 0 Å². The average molecular weight is 221 g/mol. The number of aliphatic hydroxyl groups is 1. The molecule has 0 bridgehead atoms. The van der Waals surface area contributed by atoms with E-state index in [1.54, 1.807) is 0 Å². The number of hydrogen-bond acceptors (Lipinski definition) is 3. The van der Waals surface area contributed by atoms with E-state index in [2.05, 4.69) is 5.32 Å². The molecule has 1 heterocycles. The van der Waals surface area contributed by atoms with E-state index in [0.29, 0.717) is 6.61 Å². The molecule has 88 valence electrons. The van der Waals surface area contributed by atoms with Gasteiger partial charge in [0.25, 0.3) is 0 Å². The smallest absolute Gasteiger partial charge is 0.125 e. The molecule has 0 unspecified atom stereocenters. The molecule has 1 fully saturated rings.